The van der Waals surface area contributed by atoms with Gasteiger partial charge in [0, 0.05) is 24.7 Å². The van der Waals surface area contributed by atoms with Gasteiger partial charge in [-0.15, -0.1) is 0 Å². The second-order valence-electron chi connectivity index (χ2n) is 7.14. The molecule has 3 unspecified atom stereocenters. The van der Waals surface area contributed by atoms with Gasteiger partial charge in [0.1, 0.15) is 0 Å². The molecule has 112 valence electrons. The van der Waals surface area contributed by atoms with Crippen LogP contribution in [0.25, 0.3) is 0 Å². The molecule has 0 aromatic heterocycles. The minimum atomic E-state index is 0.706. The Kier molecular flexibility index (Phi) is 5.67. The molecule has 0 aliphatic carbocycles. The Morgan fingerprint density at radius 1 is 1.26 bits per heavy atom. The van der Waals surface area contributed by atoms with E-state index in [1.807, 2.05) is 0 Å². The summed E-state index contributed by atoms with van der Waals surface area (Å²) in [5.74, 6) is 0.800. The SMILES string of the molecule is CC(C)CC1CN(C2CCN(C)C(C)C2)CCCN1. The van der Waals surface area contributed by atoms with Gasteiger partial charge < -0.3 is 10.2 Å². The smallest absolute Gasteiger partial charge is 0.0197 e. The summed E-state index contributed by atoms with van der Waals surface area (Å²) in [6.45, 7) is 12.1. The molecule has 2 fully saturated rings. The minimum absolute atomic E-state index is 0.706. The topological polar surface area (TPSA) is 18.5 Å². The molecule has 0 aromatic carbocycles. The molecule has 0 saturated carbocycles. The van der Waals surface area contributed by atoms with Gasteiger partial charge in [-0.05, 0) is 65.2 Å². The van der Waals surface area contributed by atoms with Crippen molar-refractivity contribution < 1.29 is 0 Å². The van der Waals surface area contributed by atoms with E-state index in [4.69, 9.17) is 0 Å². The number of rotatable bonds is 3. The van der Waals surface area contributed by atoms with Crippen LogP contribution in [0.2, 0.25) is 0 Å². The third-order valence-electron chi connectivity index (χ3n) is 4.96. The standard InChI is InChI=1S/C16H33N3/c1-13(2)10-15-12-19(8-5-7-17-15)16-6-9-18(4)14(3)11-16/h13-17H,5-12H2,1-4H3. The fourth-order valence-electron chi connectivity index (χ4n) is 3.68. The monoisotopic (exact) mass is 267 g/mol. The van der Waals surface area contributed by atoms with E-state index in [1.54, 1.807) is 0 Å². The van der Waals surface area contributed by atoms with E-state index in [0.717, 1.165) is 18.0 Å². The van der Waals surface area contributed by atoms with Crippen LogP contribution in [0, 0.1) is 5.92 Å². The summed E-state index contributed by atoms with van der Waals surface area (Å²) in [4.78, 5) is 5.30. The van der Waals surface area contributed by atoms with Crippen LogP contribution in [-0.2, 0) is 0 Å². The Hall–Kier alpha value is -0.120. The Morgan fingerprint density at radius 2 is 2.05 bits per heavy atom. The molecule has 0 amide bonds. The molecule has 3 atom stereocenters. The lowest BCUT2D eigenvalue weighted by molar-refractivity contribution is 0.0851. The van der Waals surface area contributed by atoms with Crippen molar-refractivity contribution >= 4 is 0 Å². The third-order valence-corrected chi connectivity index (χ3v) is 4.96. The van der Waals surface area contributed by atoms with Gasteiger partial charge in [0.15, 0.2) is 0 Å². The number of piperidine rings is 1. The van der Waals surface area contributed by atoms with Crippen molar-refractivity contribution in [2.75, 3.05) is 33.2 Å². The first-order valence-electron chi connectivity index (χ1n) is 8.24. The quantitative estimate of drug-likeness (QED) is 0.845. The van der Waals surface area contributed by atoms with E-state index in [1.165, 1.54) is 51.9 Å². The van der Waals surface area contributed by atoms with Crippen molar-refractivity contribution in [3.05, 3.63) is 0 Å². The molecule has 1 N–H and O–H groups in total. The molecule has 19 heavy (non-hydrogen) atoms. The maximum atomic E-state index is 3.75. The van der Waals surface area contributed by atoms with Gasteiger partial charge in [0.2, 0.25) is 0 Å². The van der Waals surface area contributed by atoms with E-state index < -0.39 is 0 Å². The molecule has 2 heterocycles. The van der Waals surface area contributed by atoms with E-state index in [-0.39, 0.29) is 0 Å². The molecular weight excluding hydrogens is 234 g/mol. The zero-order valence-electron chi connectivity index (χ0n) is 13.4. The number of likely N-dealkylation sites (tertiary alicyclic amines) is 1. The van der Waals surface area contributed by atoms with E-state index in [9.17, 15) is 0 Å². The molecule has 0 aromatic rings. The Balaban J connectivity index is 1.90. The molecule has 2 aliphatic rings. The number of hydrogen-bond acceptors (Lipinski definition) is 3. The molecule has 2 aliphatic heterocycles. The molecular formula is C16H33N3. The molecule has 3 heteroatoms. The lowest BCUT2D eigenvalue weighted by atomic mass is 9.96. The molecule has 2 saturated heterocycles. The highest BCUT2D eigenvalue weighted by atomic mass is 15.2. The fourth-order valence-corrected chi connectivity index (χ4v) is 3.68. The Bertz CT molecular complexity index is 267. The average Bonchev–Trinajstić information content (AvgIpc) is 2.57. The van der Waals surface area contributed by atoms with Crippen LogP contribution in [-0.4, -0.2) is 61.2 Å². The molecule has 2 rings (SSSR count). The van der Waals surface area contributed by atoms with Crippen LogP contribution >= 0.6 is 0 Å². The van der Waals surface area contributed by atoms with E-state index in [0.29, 0.717) is 6.04 Å². The highest BCUT2D eigenvalue weighted by Crippen LogP contribution is 2.22. The molecule has 3 nitrogen and oxygen atoms in total. The summed E-state index contributed by atoms with van der Waals surface area (Å²) in [6, 6.07) is 2.27. The summed E-state index contributed by atoms with van der Waals surface area (Å²) < 4.78 is 0. The normalized spacial score (nSPS) is 35.5. The average molecular weight is 267 g/mol. The largest absolute Gasteiger partial charge is 0.313 e. The Morgan fingerprint density at radius 3 is 2.74 bits per heavy atom. The summed E-state index contributed by atoms with van der Waals surface area (Å²) in [6.07, 6.45) is 5.34. The van der Waals surface area contributed by atoms with Gasteiger partial charge in [0.25, 0.3) is 0 Å². The highest BCUT2D eigenvalue weighted by molar-refractivity contribution is 4.87. The third kappa shape index (κ3) is 4.44. The van der Waals surface area contributed by atoms with Gasteiger partial charge in [-0.2, -0.15) is 0 Å². The van der Waals surface area contributed by atoms with Crippen molar-refractivity contribution in [1.82, 2.24) is 15.1 Å². The van der Waals surface area contributed by atoms with Crippen molar-refractivity contribution in [3.8, 4) is 0 Å². The molecule has 0 radical (unpaired) electrons. The van der Waals surface area contributed by atoms with E-state index in [2.05, 4.69) is 42.9 Å². The first kappa shape index (κ1) is 15.3. The molecule has 0 spiro atoms. The first-order chi connectivity index (χ1) is 9.06. The van der Waals surface area contributed by atoms with Crippen LogP contribution < -0.4 is 5.32 Å². The highest BCUT2D eigenvalue weighted by Gasteiger charge is 2.29. The second kappa shape index (κ2) is 7.05. The second-order valence-corrected chi connectivity index (χ2v) is 7.14. The van der Waals surface area contributed by atoms with Crippen molar-refractivity contribution in [3.63, 3.8) is 0 Å². The number of hydrogen-bond donors (Lipinski definition) is 1. The number of nitrogens with one attached hydrogen (secondary N) is 1. The maximum Gasteiger partial charge on any atom is 0.0197 e. The first-order valence-corrected chi connectivity index (χ1v) is 8.24. The van der Waals surface area contributed by atoms with Crippen molar-refractivity contribution in [1.29, 1.82) is 0 Å². The Labute approximate surface area is 119 Å². The van der Waals surface area contributed by atoms with Gasteiger partial charge in [-0.25, -0.2) is 0 Å². The van der Waals surface area contributed by atoms with Crippen molar-refractivity contribution in [2.45, 2.75) is 64.6 Å². The van der Waals surface area contributed by atoms with Crippen LogP contribution in [0.4, 0.5) is 0 Å². The van der Waals surface area contributed by atoms with Crippen LogP contribution in [0.5, 0.6) is 0 Å². The lowest BCUT2D eigenvalue weighted by Crippen LogP contribution is -2.50. The summed E-state index contributed by atoms with van der Waals surface area (Å²) in [7, 11) is 2.27. The summed E-state index contributed by atoms with van der Waals surface area (Å²) >= 11 is 0. The fraction of sp³-hybridized carbons (Fsp3) is 1.00. The van der Waals surface area contributed by atoms with Gasteiger partial charge >= 0.3 is 0 Å². The van der Waals surface area contributed by atoms with Gasteiger partial charge in [0.05, 0.1) is 0 Å². The maximum absolute atomic E-state index is 3.75. The lowest BCUT2D eigenvalue weighted by Gasteiger charge is -2.41. The van der Waals surface area contributed by atoms with Gasteiger partial charge in [-0.1, -0.05) is 13.8 Å². The van der Waals surface area contributed by atoms with E-state index >= 15 is 0 Å². The predicted molar refractivity (Wildman–Crippen MR) is 82.5 cm³/mol. The van der Waals surface area contributed by atoms with Crippen LogP contribution in [0.3, 0.4) is 0 Å². The number of nitrogens with zero attached hydrogens (tertiary/aromatic N) is 2. The summed E-state index contributed by atoms with van der Waals surface area (Å²) in [5.41, 5.74) is 0. The predicted octanol–water partition coefficient (Wildman–Crippen LogP) is 2.18. The van der Waals surface area contributed by atoms with Crippen LogP contribution in [0.15, 0.2) is 0 Å². The van der Waals surface area contributed by atoms with Crippen molar-refractivity contribution in [2.24, 2.45) is 5.92 Å². The van der Waals surface area contributed by atoms with Gasteiger partial charge in [-0.3, -0.25) is 4.90 Å². The summed E-state index contributed by atoms with van der Waals surface area (Å²) in [5, 5.41) is 3.75. The molecule has 0 bridgehead atoms. The zero-order valence-corrected chi connectivity index (χ0v) is 13.4. The zero-order chi connectivity index (χ0) is 13.8. The van der Waals surface area contributed by atoms with Crippen LogP contribution in [0.1, 0.15) is 46.5 Å². The minimum Gasteiger partial charge on any atom is -0.313 e.